The van der Waals surface area contributed by atoms with Crippen molar-refractivity contribution < 1.29 is 8.42 Å². The molecule has 0 spiro atoms. The Morgan fingerprint density at radius 2 is 1.72 bits per heavy atom. The molecule has 2 saturated heterocycles. The Morgan fingerprint density at radius 1 is 1.11 bits per heavy atom. The number of sulfone groups is 1. The van der Waals surface area contributed by atoms with Crippen LogP contribution in [0.15, 0.2) is 0 Å². The molecule has 0 atom stereocenters. The van der Waals surface area contributed by atoms with Crippen LogP contribution in [-0.4, -0.2) is 73.6 Å². The van der Waals surface area contributed by atoms with Gasteiger partial charge in [0.25, 0.3) is 0 Å². The molecule has 0 aromatic heterocycles. The topological polar surface area (TPSA) is 40.6 Å². The van der Waals surface area contributed by atoms with Crippen LogP contribution in [-0.2, 0) is 9.84 Å². The highest BCUT2D eigenvalue weighted by molar-refractivity contribution is 7.99. The van der Waals surface area contributed by atoms with Gasteiger partial charge in [0.05, 0.1) is 11.5 Å². The summed E-state index contributed by atoms with van der Waals surface area (Å²) in [5.74, 6) is 3.11. The number of hydrogen-bond acceptors (Lipinski definition) is 5. The molecule has 4 nitrogen and oxygen atoms in total. The van der Waals surface area contributed by atoms with Gasteiger partial charge >= 0.3 is 0 Å². The molecule has 0 N–H and O–H groups in total. The number of hydrogen-bond donors (Lipinski definition) is 0. The third-order valence-corrected chi connectivity index (χ3v) is 6.60. The molecule has 0 radical (unpaired) electrons. The maximum atomic E-state index is 11.4. The van der Waals surface area contributed by atoms with Gasteiger partial charge in [-0.25, -0.2) is 8.42 Å². The Bertz CT molecular complexity index is 337. The summed E-state index contributed by atoms with van der Waals surface area (Å²) in [7, 11) is -2.72. The first-order valence-corrected chi connectivity index (χ1v) is 9.83. The Kier molecular flexibility index (Phi) is 5.35. The lowest BCUT2D eigenvalue weighted by Gasteiger charge is -2.40. The summed E-state index contributed by atoms with van der Waals surface area (Å²) in [6.07, 6.45) is 1.68. The quantitative estimate of drug-likeness (QED) is 0.770. The van der Waals surface area contributed by atoms with E-state index in [9.17, 15) is 8.42 Å². The van der Waals surface area contributed by atoms with E-state index in [0.29, 0.717) is 17.5 Å². The van der Waals surface area contributed by atoms with E-state index < -0.39 is 9.84 Å². The second kappa shape index (κ2) is 6.59. The van der Waals surface area contributed by atoms with E-state index in [-0.39, 0.29) is 0 Å². The summed E-state index contributed by atoms with van der Waals surface area (Å²) in [6, 6.07) is 0.509. The average Bonchev–Trinajstić information content (AvgIpc) is 2.37. The average molecular weight is 292 g/mol. The first-order chi connectivity index (χ1) is 8.61. The minimum absolute atomic E-state index is 0.392. The maximum absolute atomic E-state index is 11.4. The van der Waals surface area contributed by atoms with Crippen LogP contribution in [0.1, 0.15) is 19.8 Å². The molecule has 0 aromatic carbocycles. The summed E-state index contributed by atoms with van der Waals surface area (Å²) >= 11 is 1.98. The minimum Gasteiger partial charge on any atom is -0.298 e. The molecule has 106 valence electrons. The van der Waals surface area contributed by atoms with E-state index in [2.05, 4.69) is 16.7 Å². The van der Waals surface area contributed by atoms with Crippen molar-refractivity contribution in [1.82, 2.24) is 9.80 Å². The van der Waals surface area contributed by atoms with E-state index in [1.54, 1.807) is 0 Å². The largest absolute Gasteiger partial charge is 0.298 e. The molecule has 0 bridgehead atoms. The number of rotatable bonds is 4. The van der Waals surface area contributed by atoms with Crippen molar-refractivity contribution in [2.45, 2.75) is 25.8 Å². The zero-order valence-corrected chi connectivity index (χ0v) is 12.8. The minimum atomic E-state index is -2.72. The van der Waals surface area contributed by atoms with Gasteiger partial charge in [-0.2, -0.15) is 0 Å². The third-order valence-electron chi connectivity index (χ3n) is 3.93. The summed E-state index contributed by atoms with van der Waals surface area (Å²) < 4.78 is 22.8. The fourth-order valence-corrected chi connectivity index (χ4v) is 4.89. The molecular weight excluding hydrogens is 268 g/mol. The van der Waals surface area contributed by atoms with Gasteiger partial charge < -0.3 is 0 Å². The van der Waals surface area contributed by atoms with E-state index in [1.165, 1.54) is 5.75 Å². The molecule has 2 rings (SSSR count). The SMILES string of the molecule is CCSCN1CCN(C2CCS(=O)(=O)CC2)CC1. The number of thioether (sulfide) groups is 1. The molecule has 0 amide bonds. The summed E-state index contributed by atoms with van der Waals surface area (Å²) in [5.41, 5.74) is 0. The highest BCUT2D eigenvalue weighted by atomic mass is 32.2. The lowest BCUT2D eigenvalue weighted by atomic mass is 10.1. The molecule has 0 unspecified atom stereocenters. The smallest absolute Gasteiger partial charge is 0.150 e. The fourth-order valence-electron chi connectivity index (χ4n) is 2.72. The highest BCUT2D eigenvalue weighted by Crippen LogP contribution is 2.20. The van der Waals surface area contributed by atoms with Crippen LogP contribution in [0.2, 0.25) is 0 Å². The van der Waals surface area contributed by atoms with Crippen LogP contribution in [0.25, 0.3) is 0 Å². The van der Waals surface area contributed by atoms with Crippen molar-refractivity contribution in [3.05, 3.63) is 0 Å². The van der Waals surface area contributed by atoms with Crippen molar-refractivity contribution in [1.29, 1.82) is 0 Å². The molecule has 2 aliphatic heterocycles. The molecule has 2 aliphatic rings. The number of nitrogens with zero attached hydrogens (tertiary/aromatic N) is 2. The maximum Gasteiger partial charge on any atom is 0.150 e. The monoisotopic (exact) mass is 292 g/mol. The van der Waals surface area contributed by atoms with Crippen LogP contribution >= 0.6 is 11.8 Å². The van der Waals surface area contributed by atoms with Gasteiger partial charge in [-0.15, -0.1) is 11.8 Å². The standard InChI is InChI=1S/C12H24N2O2S2/c1-2-17-11-13-5-7-14(8-6-13)12-3-9-18(15,16)10-4-12/h12H,2-11H2,1H3. The van der Waals surface area contributed by atoms with Crippen LogP contribution in [0.5, 0.6) is 0 Å². The van der Waals surface area contributed by atoms with Crippen molar-refractivity contribution >= 4 is 21.6 Å². The molecule has 0 saturated carbocycles. The molecule has 2 heterocycles. The molecule has 2 fully saturated rings. The van der Waals surface area contributed by atoms with Crippen LogP contribution < -0.4 is 0 Å². The zero-order valence-electron chi connectivity index (χ0n) is 11.2. The van der Waals surface area contributed by atoms with E-state index >= 15 is 0 Å². The molecule has 0 aliphatic carbocycles. The van der Waals surface area contributed by atoms with Crippen LogP contribution in [0.3, 0.4) is 0 Å². The van der Waals surface area contributed by atoms with Crippen molar-refractivity contribution in [2.75, 3.05) is 49.3 Å². The lowest BCUT2D eigenvalue weighted by Crippen LogP contribution is -2.51. The van der Waals surface area contributed by atoms with Gasteiger partial charge in [0.15, 0.2) is 0 Å². The molecule has 6 heteroatoms. The first-order valence-electron chi connectivity index (χ1n) is 6.85. The van der Waals surface area contributed by atoms with Gasteiger partial charge in [-0.05, 0) is 18.6 Å². The predicted molar refractivity (Wildman–Crippen MR) is 77.8 cm³/mol. The second-order valence-electron chi connectivity index (χ2n) is 5.16. The van der Waals surface area contributed by atoms with E-state index in [1.807, 2.05) is 11.8 Å². The summed E-state index contributed by atoms with van der Waals surface area (Å²) in [4.78, 5) is 5.01. The first kappa shape index (κ1) is 14.6. The Balaban J connectivity index is 1.73. The van der Waals surface area contributed by atoms with Gasteiger partial charge in [-0.1, -0.05) is 6.92 Å². The number of piperazine rings is 1. The fraction of sp³-hybridized carbons (Fsp3) is 1.00. The van der Waals surface area contributed by atoms with Gasteiger partial charge in [-0.3, -0.25) is 9.80 Å². The van der Waals surface area contributed by atoms with E-state index in [4.69, 9.17) is 0 Å². The third kappa shape index (κ3) is 4.11. The van der Waals surface area contributed by atoms with Crippen molar-refractivity contribution in [3.8, 4) is 0 Å². The molecule has 0 aromatic rings. The van der Waals surface area contributed by atoms with Crippen LogP contribution in [0.4, 0.5) is 0 Å². The lowest BCUT2D eigenvalue weighted by molar-refractivity contribution is 0.102. The van der Waals surface area contributed by atoms with E-state index in [0.717, 1.165) is 44.9 Å². The van der Waals surface area contributed by atoms with Gasteiger partial charge in [0, 0.05) is 38.1 Å². The van der Waals surface area contributed by atoms with Crippen molar-refractivity contribution in [3.63, 3.8) is 0 Å². The summed E-state index contributed by atoms with van der Waals surface area (Å²) in [5, 5.41) is 0. The van der Waals surface area contributed by atoms with Crippen molar-refractivity contribution in [2.24, 2.45) is 0 Å². The normalized spacial score (nSPS) is 27.4. The van der Waals surface area contributed by atoms with Gasteiger partial charge in [0.2, 0.25) is 0 Å². The predicted octanol–water partition coefficient (Wildman–Crippen LogP) is 0.892. The highest BCUT2D eigenvalue weighted by Gasteiger charge is 2.29. The second-order valence-corrected chi connectivity index (χ2v) is 8.71. The molecular formula is C12H24N2O2S2. The Labute approximate surface area is 115 Å². The molecule has 18 heavy (non-hydrogen) atoms. The van der Waals surface area contributed by atoms with Crippen LogP contribution in [0, 0.1) is 0 Å². The Morgan fingerprint density at radius 3 is 2.28 bits per heavy atom. The summed E-state index contributed by atoms with van der Waals surface area (Å²) in [6.45, 7) is 6.68. The zero-order chi connectivity index (χ0) is 13.0. The van der Waals surface area contributed by atoms with Gasteiger partial charge in [0.1, 0.15) is 9.84 Å². The Hall–Kier alpha value is 0.220.